The zero-order chi connectivity index (χ0) is 17.1. The quantitative estimate of drug-likeness (QED) is 0.783. The molecule has 0 unspecified atom stereocenters. The van der Waals surface area contributed by atoms with Crippen LogP contribution in [0.3, 0.4) is 0 Å². The van der Waals surface area contributed by atoms with E-state index in [1.807, 2.05) is 18.2 Å². The van der Waals surface area contributed by atoms with E-state index in [1.54, 1.807) is 0 Å². The molecule has 1 saturated carbocycles. The van der Waals surface area contributed by atoms with Gasteiger partial charge in [-0.05, 0) is 43.9 Å². The van der Waals surface area contributed by atoms with Crippen molar-refractivity contribution in [3.05, 3.63) is 30.1 Å². The Morgan fingerprint density at radius 1 is 1.24 bits per heavy atom. The van der Waals surface area contributed by atoms with E-state index in [0.29, 0.717) is 12.0 Å². The molecule has 1 atom stereocenters. The van der Waals surface area contributed by atoms with Gasteiger partial charge in [0.25, 0.3) is 0 Å². The lowest BCUT2D eigenvalue weighted by Gasteiger charge is -2.16. The molecule has 0 radical (unpaired) electrons. The number of amides is 2. The number of H-pyrrole nitrogens is 1. The van der Waals surface area contributed by atoms with Crippen LogP contribution in [0.1, 0.15) is 37.9 Å². The molecule has 1 saturated heterocycles. The van der Waals surface area contributed by atoms with Gasteiger partial charge in [-0.1, -0.05) is 25.0 Å². The van der Waals surface area contributed by atoms with E-state index in [1.165, 1.54) is 12.8 Å². The van der Waals surface area contributed by atoms with Crippen molar-refractivity contribution in [3.63, 3.8) is 0 Å². The number of urea groups is 1. The summed E-state index contributed by atoms with van der Waals surface area (Å²) in [5.74, 6) is 1.55. The van der Waals surface area contributed by atoms with E-state index in [4.69, 9.17) is 0 Å². The van der Waals surface area contributed by atoms with Crippen LogP contribution in [0, 0.1) is 5.92 Å². The van der Waals surface area contributed by atoms with Crippen LogP contribution in [0.4, 0.5) is 4.79 Å². The molecule has 1 aliphatic carbocycles. The van der Waals surface area contributed by atoms with Gasteiger partial charge in [-0.15, -0.1) is 0 Å². The third kappa shape index (κ3) is 4.12. The Hall–Kier alpha value is -2.08. The second-order valence-electron chi connectivity index (χ2n) is 7.43. The van der Waals surface area contributed by atoms with E-state index in [2.05, 4.69) is 31.6 Å². The summed E-state index contributed by atoms with van der Waals surface area (Å²) in [7, 11) is 0. The second-order valence-corrected chi connectivity index (χ2v) is 7.43. The first-order chi connectivity index (χ1) is 12.3. The molecule has 2 aliphatic rings. The maximum absolute atomic E-state index is 12.0. The summed E-state index contributed by atoms with van der Waals surface area (Å²) in [6.07, 6.45) is 5.86. The zero-order valence-electron chi connectivity index (χ0n) is 14.6. The maximum atomic E-state index is 12.0. The summed E-state index contributed by atoms with van der Waals surface area (Å²) in [6, 6.07) is 8.52. The van der Waals surface area contributed by atoms with E-state index in [9.17, 15) is 4.79 Å². The number of likely N-dealkylation sites (tertiary alicyclic amines) is 1. The molecule has 1 aliphatic heterocycles. The molecule has 6 heteroatoms. The van der Waals surface area contributed by atoms with Gasteiger partial charge < -0.3 is 15.6 Å². The van der Waals surface area contributed by atoms with Crippen LogP contribution in [-0.2, 0) is 6.54 Å². The molecule has 0 spiro atoms. The number of benzene rings is 1. The lowest BCUT2D eigenvalue weighted by Crippen LogP contribution is -2.42. The molecule has 2 aromatic rings. The average molecular weight is 341 g/mol. The smallest absolute Gasteiger partial charge is 0.315 e. The van der Waals surface area contributed by atoms with Crippen molar-refractivity contribution in [2.45, 2.75) is 44.7 Å². The Morgan fingerprint density at radius 2 is 2.08 bits per heavy atom. The molecule has 1 aromatic heterocycles. The number of nitrogens with one attached hydrogen (secondary N) is 3. The predicted octanol–water partition coefficient (Wildman–Crippen LogP) is 2.63. The van der Waals surface area contributed by atoms with E-state index in [-0.39, 0.29) is 6.03 Å². The van der Waals surface area contributed by atoms with Gasteiger partial charge in [-0.25, -0.2) is 9.78 Å². The van der Waals surface area contributed by atoms with Crippen LogP contribution >= 0.6 is 0 Å². The number of aromatic amines is 1. The number of fused-ring (bicyclic) bond motifs is 1. The van der Waals surface area contributed by atoms with Gasteiger partial charge in [0.1, 0.15) is 5.82 Å². The van der Waals surface area contributed by atoms with Gasteiger partial charge in [0.2, 0.25) is 0 Å². The van der Waals surface area contributed by atoms with E-state index in [0.717, 1.165) is 62.3 Å². The Labute approximate surface area is 148 Å². The Bertz CT molecular complexity index is 688. The van der Waals surface area contributed by atoms with Crippen LogP contribution in [0.25, 0.3) is 11.0 Å². The molecule has 2 heterocycles. The van der Waals surface area contributed by atoms with Crippen molar-refractivity contribution in [2.24, 2.45) is 5.92 Å². The first-order valence-electron chi connectivity index (χ1n) is 9.46. The number of aromatic nitrogens is 2. The molecular weight excluding hydrogens is 314 g/mol. The van der Waals surface area contributed by atoms with Gasteiger partial charge in [0, 0.05) is 19.1 Å². The van der Waals surface area contributed by atoms with Gasteiger partial charge in [0.15, 0.2) is 0 Å². The standard InChI is InChI=1S/C19H27N5O/c25-19(21-15-5-1-2-6-15)20-11-14-9-10-24(12-14)13-18-22-16-7-3-4-8-17(16)23-18/h3-4,7-8,14-15H,1-2,5-6,9-13H2,(H,22,23)(H2,20,21,25)/t14-/m0/s1. The number of nitrogens with zero attached hydrogens (tertiary/aromatic N) is 2. The number of hydrogen-bond acceptors (Lipinski definition) is 3. The molecule has 3 N–H and O–H groups in total. The van der Waals surface area contributed by atoms with Crippen LogP contribution in [0.5, 0.6) is 0 Å². The molecule has 0 bridgehead atoms. The van der Waals surface area contributed by atoms with E-state index >= 15 is 0 Å². The number of para-hydroxylation sites is 2. The number of carbonyl (C=O) groups is 1. The molecule has 134 valence electrons. The minimum Gasteiger partial charge on any atom is -0.341 e. The highest BCUT2D eigenvalue weighted by Gasteiger charge is 2.24. The van der Waals surface area contributed by atoms with Crippen molar-refractivity contribution in [1.29, 1.82) is 0 Å². The molecule has 2 amide bonds. The second kappa shape index (κ2) is 7.44. The van der Waals surface area contributed by atoms with Gasteiger partial charge >= 0.3 is 6.03 Å². The highest BCUT2D eigenvalue weighted by molar-refractivity contribution is 5.75. The van der Waals surface area contributed by atoms with Crippen molar-refractivity contribution in [3.8, 4) is 0 Å². The molecular formula is C19H27N5O. The van der Waals surface area contributed by atoms with Crippen molar-refractivity contribution in [2.75, 3.05) is 19.6 Å². The summed E-state index contributed by atoms with van der Waals surface area (Å²) in [5, 5.41) is 6.15. The normalized spacial score (nSPS) is 21.8. The molecule has 1 aromatic carbocycles. The van der Waals surface area contributed by atoms with Gasteiger partial charge in [0.05, 0.1) is 17.6 Å². The monoisotopic (exact) mass is 341 g/mol. The minimum absolute atomic E-state index is 0.00244. The largest absolute Gasteiger partial charge is 0.341 e. The third-order valence-electron chi connectivity index (χ3n) is 5.42. The Kier molecular flexibility index (Phi) is 4.88. The lowest BCUT2D eigenvalue weighted by atomic mass is 10.1. The summed E-state index contributed by atoms with van der Waals surface area (Å²) < 4.78 is 0. The van der Waals surface area contributed by atoms with Crippen LogP contribution in [0.2, 0.25) is 0 Å². The number of hydrogen-bond donors (Lipinski definition) is 3. The summed E-state index contributed by atoms with van der Waals surface area (Å²) in [6.45, 7) is 3.68. The fraction of sp³-hybridized carbons (Fsp3) is 0.579. The average Bonchev–Trinajstić information content (AvgIpc) is 3.33. The Balaban J connectivity index is 1.22. The topological polar surface area (TPSA) is 73.0 Å². The highest BCUT2D eigenvalue weighted by atomic mass is 16.2. The molecule has 25 heavy (non-hydrogen) atoms. The predicted molar refractivity (Wildman–Crippen MR) is 98.3 cm³/mol. The molecule has 6 nitrogen and oxygen atoms in total. The fourth-order valence-electron chi connectivity index (χ4n) is 4.06. The van der Waals surface area contributed by atoms with Crippen molar-refractivity contribution < 1.29 is 4.79 Å². The zero-order valence-corrected chi connectivity index (χ0v) is 14.6. The van der Waals surface area contributed by atoms with Crippen LogP contribution in [-0.4, -0.2) is 46.6 Å². The summed E-state index contributed by atoms with van der Waals surface area (Å²) >= 11 is 0. The number of imidazole rings is 1. The minimum atomic E-state index is 0.00244. The molecule has 4 rings (SSSR count). The van der Waals surface area contributed by atoms with Gasteiger partial charge in [-0.2, -0.15) is 0 Å². The number of carbonyl (C=O) groups excluding carboxylic acids is 1. The molecule has 2 fully saturated rings. The lowest BCUT2D eigenvalue weighted by molar-refractivity contribution is 0.234. The third-order valence-corrected chi connectivity index (χ3v) is 5.42. The Morgan fingerprint density at radius 3 is 2.92 bits per heavy atom. The summed E-state index contributed by atoms with van der Waals surface area (Å²) in [5.41, 5.74) is 2.12. The van der Waals surface area contributed by atoms with Crippen LogP contribution < -0.4 is 10.6 Å². The first kappa shape index (κ1) is 16.4. The van der Waals surface area contributed by atoms with Gasteiger partial charge in [-0.3, -0.25) is 4.90 Å². The van der Waals surface area contributed by atoms with Crippen LogP contribution in [0.15, 0.2) is 24.3 Å². The van der Waals surface area contributed by atoms with Crippen molar-refractivity contribution >= 4 is 17.1 Å². The maximum Gasteiger partial charge on any atom is 0.315 e. The highest BCUT2D eigenvalue weighted by Crippen LogP contribution is 2.19. The first-order valence-corrected chi connectivity index (χ1v) is 9.46. The van der Waals surface area contributed by atoms with E-state index < -0.39 is 0 Å². The summed E-state index contributed by atoms with van der Waals surface area (Å²) in [4.78, 5) is 22.4. The fourth-order valence-corrected chi connectivity index (χ4v) is 4.06. The number of rotatable bonds is 5. The van der Waals surface area contributed by atoms with Crippen molar-refractivity contribution in [1.82, 2.24) is 25.5 Å². The SMILES string of the molecule is O=C(NC[C@@H]1CCN(Cc2nc3ccccc3[nH]2)C1)NC1CCCC1.